The van der Waals surface area contributed by atoms with Crippen LogP contribution in [0.3, 0.4) is 0 Å². The predicted molar refractivity (Wildman–Crippen MR) is 203 cm³/mol. The van der Waals surface area contributed by atoms with Gasteiger partial charge in [-0.2, -0.15) is 0 Å². The molecule has 318 valence electrons. The number of allylic oxidation sites excluding steroid dienone is 1. The maximum absolute atomic E-state index is 14.1. The number of esters is 2. The number of benzene rings is 1. The van der Waals surface area contributed by atoms with Gasteiger partial charge in [0.15, 0.2) is 41.9 Å². The molecule has 17 nitrogen and oxygen atoms in total. The van der Waals surface area contributed by atoms with Crippen molar-refractivity contribution >= 4 is 29.6 Å². The van der Waals surface area contributed by atoms with E-state index in [9.17, 15) is 48.9 Å². The first-order valence-corrected chi connectivity index (χ1v) is 19.4. The Bertz CT molecular complexity index is 1950. The van der Waals surface area contributed by atoms with E-state index in [-0.39, 0.29) is 41.0 Å². The molecule has 0 aliphatic rings. The van der Waals surface area contributed by atoms with E-state index in [2.05, 4.69) is 12.2 Å². The summed E-state index contributed by atoms with van der Waals surface area (Å²) in [5.41, 5.74) is -2.63. The van der Waals surface area contributed by atoms with Crippen LogP contribution in [-0.4, -0.2) is 56.6 Å². The van der Waals surface area contributed by atoms with Crippen molar-refractivity contribution in [2.24, 2.45) is 5.92 Å². The topological polar surface area (TPSA) is 263 Å². The number of ketones is 1. The molecule has 0 aliphatic heterocycles. The molecule has 17 heteroatoms. The largest absolute Gasteiger partial charge is 0.519 e. The van der Waals surface area contributed by atoms with Gasteiger partial charge in [-0.1, -0.05) is 69.7 Å². The molecule has 1 aromatic carbocycles. The first-order chi connectivity index (χ1) is 27.6. The minimum absolute atomic E-state index is 0.0407. The highest BCUT2D eigenvalue weighted by molar-refractivity contribution is 5.95. The average molecular weight is 816 g/mol. The predicted octanol–water partition coefficient (Wildman–Crippen LogP) is 5.26. The Morgan fingerprint density at radius 3 is 1.88 bits per heavy atom. The van der Waals surface area contributed by atoms with Crippen molar-refractivity contribution < 1.29 is 66.4 Å². The van der Waals surface area contributed by atoms with Gasteiger partial charge in [0.05, 0.1) is 12.3 Å². The maximum Gasteiger partial charge on any atom is 0.519 e. The van der Waals surface area contributed by atoms with Gasteiger partial charge in [0, 0.05) is 19.3 Å². The lowest BCUT2D eigenvalue weighted by atomic mass is 9.82. The molecule has 2 heterocycles. The fourth-order valence-electron chi connectivity index (χ4n) is 6.05. The van der Waals surface area contributed by atoms with Crippen molar-refractivity contribution in [1.29, 1.82) is 0 Å². The van der Waals surface area contributed by atoms with Gasteiger partial charge >= 0.3 is 29.6 Å². The molecule has 0 bridgehead atoms. The summed E-state index contributed by atoms with van der Waals surface area (Å²) in [5.74, 6) is -9.68. The Labute approximate surface area is 334 Å². The second kappa shape index (κ2) is 23.5. The van der Waals surface area contributed by atoms with Crippen LogP contribution in [0.15, 0.2) is 63.7 Å². The summed E-state index contributed by atoms with van der Waals surface area (Å²) in [7, 11) is 0. The quantitative estimate of drug-likeness (QED) is 0.0434. The van der Waals surface area contributed by atoms with E-state index < -0.39 is 72.7 Å². The van der Waals surface area contributed by atoms with Crippen molar-refractivity contribution in [2.75, 3.05) is 0 Å². The number of ether oxygens (including phenoxy) is 2. The highest BCUT2D eigenvalue weighted by Crippen LogP contribution is 2.28. The second-order valence-corrected chi connectivity index (χ2v) is 14.0. The average Bonchev–Trinajstić information content (AvgIpc) is 3.68. The van der Waals surface area contributed by atoms with Crippen LogP contribution in [0.1, 0.15) is 119 Å². The zero-order valence-electron chi connectivity index (χ0n) is 33.1. The number of aromatic hydroxyl groups is 1. The van der Waals surface area contributed by atoms with Gasteiger partial charge in [-0.25, -0.2) is 19.2 Å². The molecule has 3 atom stereocenters. The van der Waals surface area contributed by atoms with Crippen molar-refractivity contribution in [2.45, 2.75) is 136 Å². The Balaban J connectivity index is 1.82. The van der Waals surface area contributed by atoms with E-state index in [0.717, 1.165) is 51.0 Å². The number of carboxylic acids is 1. The number of carbonyl (C=O) groups is 5. The molecule has 4 N–H and O–H groups in total. The molecule has 3 aromatic rings. The van der Waals surface area contributed by atoms with E-state index in [1.807, 2.05) is 0 Å². The first kappa shape index (κ1) is 46.7. The Morgan fingerprint density at radius 1 is 0.793 bits per heavy atom. The smallest absolute Gasteiger partial charge is 0.508 e. The summed E-state index contributed by atoms with van der Waals surface area (Å²) < 4.78 is 29.7. The van der Waals surface area contributed by atoms with Crippen LogP contribution in [0.5, 0.6) is 5.75 Å². The third-order valence-corrected chi connectivity index (χ3v) is 9.36. The number of carboxylic acid groups (broad SMARTS) is 1. The molecule has 2 aromatic heterocycles. The lowest BCUT2D eigenvalue weighted by molar-refractivity contribution is -0.179. The van der Waals surface area contributed by atoms with Gasteiger partial charge in [-0.3, -0.25) is 14.4 Å². The second-order valence-electron chi connectivity index (χ2n) is 14.0. The molecule has 0 unspecified atom stereocenters. The van der Waals surface area contributed by atoms with Crippen LogP contribution < -0.4 is 17.0 Å². The number of phenolic OH excluding ortho intramolecular Hbond substituents is 1. The van der Waals surface area contributed by atoms with Crippen molar-refractivity contribution in [1.82, 2.24) is 5.32 Å². The van der Waals surface area contributed by atoms with E-state index in [1.165, 1.54) is 44.2 Å². The summed E-state index contributed by atoms with van der Waals surface area (Å²) in [6.07, 6.45) is 10.6. The Hall–Kier alpha value is -5.71. The molecular formula is C41H53NO16. The summed E-state index contributed by atoms with van der Waals surface area (Å²) in [4.78, 5) is 88.5. The first-order valence-electron chi connectivity index (χ1n) is 19.4. The number of nitrogens with one attached hydrogen (secondary N) is 1. The Morgan fingerprint density at radius 2 is 1.34 bits per heavy atom. The van der Waals surface area contributed by atoms with Gasteiger partial charge in [-0.15, -0.1) is 0 Å². The Kier molecular flexibility index (Phi) is 18.9. The monoisotopic (exact) mass is 815 g/mol. The van der Waals surface area contributed by atoms with Gasteiger partial charge in [0.1, 0.15) is 17.6 Å². The minimum Gasteiger partial charge on any atom is -0.508 e. The van der Waals surface area contributed by atoms with E-state index in [4.69, 9.17) is 27.1 Å². The fourth-order valence-corrected chi connectivity index (χ4v) is 6.05. The standard InChI is InChI=1S/C41H53NO16/c1-4-5-6-9-12-15-29(43)16-13-10-7-8-11-14-17-31(41(52,23-35(45)46)38(49)54-25-34-27(3)56-40(51)58-34)36(47)42-32(22-28-18-20-30(44)21-19-28)37(48)53-24-33-26(2)55-39(50)57-33/h14,17-21,31-32,44,52H,4-13,15-16,22-25H2,1-3H3,(H,42,47)(H,45,46)/b17-14+/t31-,32+,41+/m1/s1. The number of amides is 1. The summed E-state index contributed by atoms with van der Waals surface area (Å²) >= 11 is 0. The molecule has 3 rings (SSSR count). The van der Waals surface area contributed by atoms with E-state index in [1.54, 1.807) is 0 Å². The number of aliphatic carboxylic acids is 1. The number of aryl methyl sites for hydroxylation is 2. The molecular weight excluding hydrogens is 762 g/mol. The van der Waals surface area contributed by atoms with Crippen LogP contribution >= 0.6 is 0 Å². The summed E-state index contributed by atoms with van der Waals surface area (Å²) in [5, 5.41) is 33.8. The van der Waals surface area contributed by atoms with Gasteiger partial charge in [-0.05, 0) is 57.2 Å². The van der Waals surface area contributed by atoms with Crippen molar-refractivity contribution in [3.63, 3.8) is 0 Å². The van der Waals surface area contributed by atoms with E-state index in [0.29, 0.717) is 37.7 Å². The van der Waals surface area contributed by atoms with Gasteiger partial charge in [0.25, 0.3) is 0 Å². The van der Waals surface area contributed by atoms with Gasteiger partial charge < -0.3 is 47.8 Å². The minimum atomic E-state index is -3.06. The molecule has 0 spiro atoms. The molecule has 0 saturated carbocycles. The lowest BCUT2D eigenvalue weighted by Gasteiger charge is -2.31. The summed E-state index contributed by atoms with van der Waals surface area (Å²) in [6.45, 7) is 3.57. The number of aliphatic hydroxyl groups is 1. The highest BCUT2D eigenvalue weighted by atomic mass is 16.6. The number of hydrogen-bond donors (Lipinski definition) is 4. The molecule has 0 aliphatic carbocycles. The van der Waals surface area contributed by atoms with Crippen LogP contribution in [0, 0.1) is 19.8 Å². The fraction of sp³-hybridized carbons (Fsp3) is 0.537. The molecule has 0 saturated heterocycles. The van der Waals surface area contributed by atoms with Gasteiger partial charge in [0.2, 0.25) is 5.91 Å². The molecule has 0 radical (unpaired) electrons. The normalized spacial score (nSPS) is 13.4. The SMILES string of the molecule is CCCCCCCC(=O)CCCCCC/C=C/[C@H](C(=O)N[C@@H](Cc1ccc(O)cc1)C(=O)OCc1oc(=O)oc1C)[C@@](O)(CC(=O)O)C(=O)OCc1oc(=O)oc1C. The third-order valence-electron chi connectivity index (χ3n) is 9.36. The maximum atomic E-state index is 14.1. The molecule has 58 heavy (non-hydrogen) atoms. The highest BCUT2D eigenvalue weighted by Gasteiger charge is 2.50. The van der Waals surface area contributed by atoms with Crippen LogP contribution in [0.4, 0.5) is 0 Å². The van der Waals surface area contributed by atoms with Crippen LogP contribution in [0.2, 0.25) is 0 Å². The van der Waals surface area contributed by atoms with Crippen molar-refractivity contribution in [3.8, 4) is 5.75 Å². The number of phenols is 1. The number of unbranched alkanes of at least 4 members (excludes halogenated alkanes) is 8. The third kappa shape index (κ3) is 15.3. The van der Waals surface area contributed by atoms with E-state index >= 15 is 0 Å². The lowest BCUT2D eigenvalue weighted by Crippen LogP contribution is -2.56. The zero-order valence-corrected chi connectivity index (χ0v) is 33.1. The number of rotatable bonds is 27. The molecule has 1 amide bonds. The van der Waals surface area contributed by atoms with Crippen LogP contribution in [-0.2, 0) is 53.1 Å². The molecule has 0 fully saturated rings. The number of carbonyl (C=O) groups excluding carboxylic acids is 4. The van der Waals surface area contributed by atoms with Crippen LogP contribution in [0.25, 0.3) is 0 Å². The number of hydrogen-bond acceptors (Lipinski definition) is 15. The zero-order chi connectivity index (χ0) is 42.7. The van der Waals surface area contributed by atoms with Crippen molar-refractivity contribution in [3.05, 3.63) is 86.3 Å². The summed E-state index contributed by atoms with van der Waals surface area (Å²) in [6, 6.07) is 4.09. The number of Topliss-reactive ketones (excluding diaryl/α,β-unsaturated/α-hetero) is 1.